The van der Waals surface area contributed by atoms with Gasteiger partial charge in [-0.05, 0) is 18.9 Å². The number of imidazole rings is 1. The zero-order chi connectivity index (χ0) is 16.8. The Bertz CT molecular complexity index is 713. The van der Waals surface area contributed by atoms with Crippen LogP contribution >= 0.6 is 0 Å². The average Bonchev–Trinajstić information content (AvgIpc) is 2.89. The molecular formula is C14H19N5O4. The SMILES string of the molecule is CCCCCc1nc2ccc([N+](=O)[O-])cn2c1NCC(=O)NO. The van der Waals surface area contributed by atoms with Crippen molar-refractivity contribution in [1.29, 1.82) is 0 Å². The molecule has 0 unspecified atom stereocenters. The Labute approximate surface area is 132 Å². The highest BCUT2D eigenvalue weighted by Gasteiger charge is 2.16. The van der Waals surface area contributed by atoms with E-state index in [1.165, 1.54) is 17.7 Å². The van der Waals surface area contributed by atoms with Crippen LogP contribution in [-0.2, 0) is 11.2 Å². The van der Waals surface area contributed by atoms with Gasteiger partial charge in [-0.2, -0.15) is 0 Å². The monoisotopic (exact) mass is 321 g/mol. The summed E-state index contributed by atoms with van der Waals surface area (Å²) < 4.78 is 1.56. The van der Waals surface area contributed by atoms with E-state index in [0.29, 0.717) is 17.9 Å². The lowest BCUT2D eigenvalue weighted by Gasteiger charge is -2.07. The molecule has 9 nitrogen and oxygen atoms in total. The number of hydrogen-bond donors (Lipinski definition) is 3. The summed E-state index contributed by atoms with van der Waals surface area (Å²) in [6, 6.07) is 2.96. The summed E-state index contributed by atoms with van der Waals surface area (Å²) in [5, 5.41) is 22.4. The van der Waals surface area contributed by atoms with Gasteiger partial charge < -0.3 is 5.32 Å². The highest BCUT2D eigenvalue weighted by Crippen LogP contribution is 2.23. The van der Waals surface area contributed by atoms with E-state index in [-0.39, 0.29) is 12.2 Å². The van der Waals surface area contributed by atoms with Gasteiger partial charge in [-0.1, -0.05) is 19.8 Å². The molecule has 0 atom stereocenters. The molecule has 2 rings (SSSR count). The lowest BCUT2D eigenvalue weighted by Crippen LogP contribution is -2.27. The Balaban J connectivity index is 2.37. The molecule has 0 aliphatic rings. The molecule has 0 fully saturated rings. The zero-order valence-electron chi connectivity index (χ0n) is 12.8. The van der Waals surface area contributed by atoms with Crippen LogP contribution in [0.15, 0.2) is 18.3 Å². The summed E-state index contributed by atoms with van der Waals surface area (Å²) in [5.74, 6) is -0.0757. The highest BCUT2D eigenvalue weighted by atomic mass is 16.6. The molecule has 0 saturated carbocycles. The third kappa shape index (κ3) is 3.95. The van der Waals surface area contributed by atoms with Crippen LogP contribution in [-0.4, -0.2) is 32.0 Å². The normalized spacial score (nSPS) is 10.7. The number of nitrogens with zero attached hydrogens (tertiary/aromatic N) is 3. The van der Waals surface area contributed by atoms with Crippen LogP contribution in [0.3, 0.4) is 0 Å². The maximum absolute atomic E-state index is 11.2. The van der Waals surface area contributed by atoms with Crippen molar-refractivity contribution >= 4 is 23.1 Å². The Hall–Kier alpha value is -2.68. The first-order valence-corrected chi connectivity index (χ1v) is 7.39. The predicted octanol–water partition coefficient (Wildman–Crippen LogP) is 1.89. The molecule has 3 N–H and O–H groups in total. The molecule has 0 bridgehead atoms. The maximum atomic E-state index is 11.2. The number of hydrogen-bond acceptors (Lipinski definition) is 6. The number of unbranched alkanes of at least 4 members (excludes halogenated alkanes) is 2. The second-order valence-corrected chi connectivity index (χ2v) is 5.13. The van der Waals surface area contributed by atoms with Crippen molar-refractivity contribution in [2.24, 2.45) is 0 Å². The minimum Gasteiger partial charge on any atom is -0.360 e. The number of rotatable bonds is 8. The van der Waals surface area contributed by atoms with E-state index in [9.17, 15) is 14.9 Å². The van der Waals surface area contributed by atoms with E-state index in [1.807, 2.05) is 0 Å². The second-order valence-electron chi connectivity index (χ2n) is 5.13. The van der Waals surface area contributed by atoms with Crippen LogP contribution < -0.4 is 10.8 Å². The van der Waals surface area contributed by atoms with Crippen LogP contribution in [0.4, 0.5) is 11.5 Å². The van der Waals surface area contributed by atoms with Gasteiger partial charge in [0.25, 0.3) is 11.6 Å². The zero-order valence-corrected chi connectivity index (χ0v) is 12.8. The molecule has 23 heavy (non-hydrogen) atoms. The predicted molar refractivity (Wildman–Crippen MR) is 83.5 cm³/mol. The molecule has 2 aromatic heterocycles. The summed E-state index contributed by atoms with van der Waals surface area (Å²) in [5.41, 5.74) is 2.78. The third-order valence-corrected chi connectivity index (χ3v) is 3.44. The molecular weight excluding hydrogens is 302 g/mol. The molecule has 0 spiro atoms. The van der Waals surface area contributed by atoms with Crippen molar-refractivity contribution < 1.29 is 14.9 Å². The number of nitrogens with one attached hydrogen (secondary N) is 2. The Morgan fingerprint density at radius 1 is 1.43 bits per heavy atom. The fourth-order valence-electron chi connectivity index (χ4n) is 2.30. The maximum Gasteiger partial charge on any atom is 0.286 e. The average molecular weight is 321 g/mol. The van der Waals surface area contributed by atoms with Crippen molar-refractivity contribution in [2.45, 2.75) is 32.6 Å². The number of carbonyl (C=O) groups is 1. The molecule has 2 heterocycles. The fourth-order valence-corrected chi connectivity index (χ4v) is 2.30. The van der Waals surface area contributed by atoms with E-state index in [1.54, 1.807) is 10.5 Å². The number of fused-ring (bicyclic) bond motifs is 1. The molecule has 0 aliphatic heterocycles. The van der Waals surface area contributed by atoms with Crippen molar-refractivity contribution in [1.82, 2.24) is 14.9 Å². The number of hydroxylamine groups is 1. The topological polar surface area (TPSA) is 122 Å². The molecule has 0 aromatic carbocycles. The number of aryl methyl sites for hydroxylation is 1. The molecule has 1 amide bonds. The van der Waals surface area contributed by atoms with Crippen LogP contribution in [0.5, 0.6) is 0 Å². The summed E-state index contributed by atoms with van der Waals surface area (Å²) in [7, 11) is 0. The minimum atomic E-state index is -0.607. The smallest absolute Gasteiger partial charge is 0.286 e. The Kier molecular flexibility index (Phi) is 5.47. The van der Waals surface area contributed by atoms with E-state index in [2.05, 4.69) is 17.2 Å². The number of pyridine rings is 1. The van der Waals surface area contributed by atoms with Crippen LogP contribution in [0.25, 0.3) is 5.65 Å². The first-order chi connectivity index (χ1) is 11.1. The van der Waals surface area contributed by atoms with E-state index >= 15 is 0 Å². The van der Waals surface area contributed by atoms with Crippen LogP contribution in [0.2, 0.25) is 0 Å². The molecule has 124 valence electrons. The van der Waals surface area contributed by atoms with Gasteiger partial charge in [-0.15, -0.1) is 0 Å². The Morgan fingerprint density at radius 2 is 2.22 bits per heavy atom. The third-order valence-electron chi connectivity index (χ3n) is 3.44. The largest absolute Gasteiger partial charge is 0.360 e. The number of aromatic nitrogens is 2. The lowest BCUT2D eigenvalue weighted by molar-refractivity contribution is -0.385. The molecule has 0 aliphatic carbocycles. The van der Waals surface area contributed by atoms with Crippen molar-refractivity contribution in [3.05, 3.63) is 34.1 Å². The van der Waals surface area contributed by atoms with Crippen molar-refractivity contribution in [3.63, 3.8) is 0 Å². The van der Waals surface area contributed by atoms with E-state index in [4.69, 9.17) is 5.21 Å². The van der Waals surface area contributed by atoms with Crippen LogP contribution in [0, 0.1) is 10.1 Å². The van der Waals surface area contributed by atoms with Gasteiger partial charge in [0.2, 0.25) is 0 Å². The van der Waals surface area contributed by atoms with Gasteiger partial charge in [0.1, 0.15) is 11.5 Å². The standard InChI is InChI=1S/C14H19N5O4/c1-2-3-4-5-11-14(15-8-13(20)17-21)18-9-10(19(22)23)6-7-12(18)16-11/h6-7,9,15,21H,2-5,8H2,1H3,(H,17,20). The molecule has 9 heteroatoms. The molecule has 0 radical (unpaired) electrons. The van der Waals surface area contributed by atoms with Gasteiger partial charge in [-0.3, -0.25) is 24.5 Å². The number of amides is 1. The Morgan fingerprint density at radius 3 is 2.87 bits per heavy atom. The summed E-state index contributed by atoms with van der Waals surface area (Å²) >= 11 is 0. The van der Waals surface area contributed by atoms with Gasteiger partial charge in [0.15, 0.2) is 0 Å². The summed E-state index contributed by atoms with van der Waals surface area (Å²) in [6.07, 6.45) is 5.11. The first kappa shape index (κ1) is 16.7. The minimum absolute atomic E-state index is 0.0651. The lowest BCUT2D eigenvalue weighted by atomic mass is 10.1. The van der Waals surface area contributed by atoms with Gasteiger partial charge >= 0.3 is 0 Å². The van der Waals surface area contributed by atoms with Crippen molar-refractivity contribution in [3.8, 4) is 0 Å². The molecule has 2 aromatic rings. The fraction of sp³-hybridized carbons (Fsp3) is 0.429. The molecule has 0 saturated heterocycles. The number of nitro groups is 1. The van der Waals surface area contributed by atoms with Gasteiger partial charge in [-0.25, -0.2) is 10.5 Å². The first-order valence-electron chi connectivity index (χ1n) is 7.39. The quantitative estimate of drug-likeness (QED) is 0.295. The van der Waals surface area contributed by atoms with E-state index in [0.717, 1.165) is 25.0 Å². The number of anilines is 1. The van der Waals surface area contributed by atoms with Gasteiger partial charge in [0, 0.05) is 6.07 Å². The summed E-state index contributed by atoms with van der Waals surface area (Å²) in [6.45, 7) is 1.94. The highest BCUT2D eigenvalue weighted by molar-refractivity contribution is 5.79. The van der Waals surface area contributed by atoms with Crippen LogP contribution in [0.1, 0.15) is 31.9 Å². The van der Waals surface area contributed by atoms with Gasteiger partial charge in [0.05, 0.1) is 23.4 Å². The number of carbonyl (C=O) groups excluding carboxylic acids is 1. The second kappa shape index (κ2) is 7.54. The van der Waals surface area contributed by atoms with Crippen molar-refractivity contribution in [2.75, 3.05) is 11.9 Å². The van der Waals surface area contributed by atoms with E-state index < -0.39 is 10.8 Å². The summed E-state index contributed by atoms with van der Waals surface area (Å²) in [4.78, 5) is 26.2.